The molecule has 1 aromatic carbocycles. The Kier molecular flexibility index (Phi) is 3.26. The molecule has 0 aromatic heterocycles. The van der Waals surface area contributed by atoms with E-state index in [0.717, 1.165) is 4.47 Å². The third kappa shape index (κ3) is 2.06. The largest absolute Gasteiger partial charge is 0.271 e. The van der Waals surface area contributed by atoms with E-state index < -0.39 is 0 Å². The number of benzene rings is 1. The minimum Gasteiger partial charge on any atom is -0.271 e. The van der Waals surface area contributed by atoms with Gasteiger partial charge in [0.15, 0.2) is 0 Å². The van der Waals surface area contributed by atoms with Crippen LogP contribution >= 0.6 is 15.9 Å². The summed E-state index contributed by atoms with van der Waals surface area (Å²) in [5.41, 5.74) is 5.15. The van der Waals surface area contributed by atoms with Gasteiger partial charge in [0.1, 0.15) is 0 Å². The van der Waals surface area contributed by atoms with Gasteiger partial charge in [-0.05, 0) is 31.0 Å². The molecule has 1 atom stereocenters. The van der Waals surface area contributed by atoms with Crippen LogP contribution in [0.15, 0.2) is 22.7 Å². The lowest BCUT2D eigenvalue weighted by Gasteiger charge is -2.11. The quantitative estimate of drug-likeness (QED) is 0.603. The Morgan fingerprint density at radius 1 is 1.50 bits per heavy atom. The van der Waals surface area contributed by atoms with E-state index in [0.29, 0.717) is 0 Å². The van der Waals surface area contributed by atoms with Gasteiger partial charge in [-0.25, -0.2) is 0 Å². The summed E-state index contributed by atoms with van der Waals surface area (Å²) in [6.07, 6.45) is 0. The van der Waals surface area contributed by atoms with Crippen molar-refractivity contribution < 1.29 is 0 Å². The van der Waals surface area contributed by atoms with E-state index in [2.05, 4.69) is 40.4 Å². The molecule has 0 aliphatic carbocycles. The highest BCUT2D eigenvalue weighted by molar-refractivity contribution is 9.10. The summed E-state index contributed by atoms with van der Waals surface area (Å²) < 4.78 is 1.13. The molecule has 0 amide bonds. The predicted molar refractivity (Wildman–Crippen MR) is 54.6 cm³/mol. The van der Waals surface area contributed by atoms with Gasteiger partial charge in [0.2, 0.25) is 0 Å². The SMILES string of the molecule is Cc1cc([C@@H](C)NN)ccc1Br. The van der Waals surface area contributed by atoms with Gasteiger partial charge >= 0.3 is 0 Å². The van der Waals surface area contributed by atoms with Crippen LogP contribution in [0.1, 0.15) is 24.1 Å². The summed E-state index contributed by atoms with van der Waals surface area (Å²) in [6, 6.07) is 6.42. The van der Waals surface area contributed by atoms with Crippen LogP contribution in [0, 0.1) is 6.92 Å². The molecule has 3 heteroatoms. The third-order valence-corrected chi connectivity index (χ3v) is 2.82. The second-order valence-corrected chi connectivity index (χ2v) is 3.75. The van der Waals surface area contributed by atoms with E-state index in [4.69, 9.17) is 5.84 Å². The highest BCUT2D eigenvalue weighted by Gasteiger charge is 2.03. The number of rotatable bonds is 2. The minimum absolute atomic E-state index is 0.205. The Morgan fingerprint density at radius 3 is 2.67 bits per heavy atom. The van der Waals surface area contributed by atoms with Crippen LogP contribution in [0.4, 0.5) is 0 Å². The molecule has 0 radical (unpaired) electrons. The van der Waals surface area contributed by atoms with Crippen molar-refractivity contribution >= 4 is 15.9 Å². The molecule has 2 nitrogen and oxygen atoms in total. The number of nitrogens with one attached hydrogen (secondary N) is 1. The number of hydrazine groups is 1. The number of hydrogen-bond donors (Lipinski definition) is 2. The molecule has 3 N–H and O–H groups in total. The second-order valence-electron chi connectivity index (χ2n) is 2.90. The number of aryl methyl sites for hydroxylation is 1. The Balaban J connectivity index is 2.96. The van der Waals surface area contributed by atoms with Crippen LogP contribution in [-0.2, 0) is 0 Å². The zero-order valence-electron chi connectivity index (χ0n) is 7.26. The summed E-state index contributed by atoms with van der Waals surface area (Å²) in [5.74, 6) is 5.33. The van der Waals surface area contributed by atoms with Crippen molar-refractivity contribution in [1.29, 1.82) is 0 Å². The molecule has 0 saturated heterocycles. The number of halogens is 1. The van der Waals surface area contributed by atoms with Crippen molar-refractivity contribution in [3.63, 3.8) is 0 Å². The average molecular weight is 229 g/mol. The predicted octanol–water partition coefficient (Wildman–Crippen LogP) is 2.28. The topological polar surface area (TPSA) is 38.0 Å². The Morgan fingerprint density at radius 2 is 2.17 bits per heavy atom. The molecule has 0 aliphatic rings. The van der Waals surface area contributed by atoms with Crippen LogP contribution in [-0.4, -0.2) is 0 Å². The summed E-state index contributed by atoms with van der Waals surface area (Å²) in [5, 5.41) is 0. The normalized spacial score (nSPS) is 13.0. The third-order valence-electron chi connectivity index (χ3n) is 1.93. The van der Waals surface area contributed by atoms with Crippen LogP contribution in [0.25, 0.3) is 0 Å². The summed E-state index contributed by atoms with van der Waals surface area (Å²) >= 11 is 3.45. The lowest BCUT2D eigenvalue weighted by Crippen LogP contribution is -2.25. The molecule has 12 heavy (non-hydrogen) atoms. The first kappa shape index (κ1) is 9.71. The van der Waals surface area contributed by atoms with Gasteiger partial charge in [-0.3, -0.25) is 11.3 Å². The molecule has 0 bridgehead atoms. The fourth-order valence-corrected chi connectivity index (χ4v) is 1.28. The van der Waals surface area contributed by atoms with E-state index in [1.54, 1.807) is 0 Å². The van der Waals surface area contributed by atoms with Gasteiger partial charge < -0.3 is 0 Å². The van der Waals surface area contributed by atoms with Crippen LogP contribution in [0.5, 0.6) is 0 Å². The van der Waals surface area contributed by atoms with Crippen LogP contribution in [0.2, 0.25) is 0 Å². The van der Waals surface area contributed by atoms with E-state index in [-0.39, 0.29) is 6.04 Å². The Labute approximate surface area is 81.3 Å². The Hall–Kier alpha value is -0.380. The summed E-state index contributed by atoms with van der Waals surface area (Å²) in [4.78, 5) is 0. The van der Waals surface area contributed by atoms with Gasteiger partial charge in [0, 0.05) is 10.5 Å². The lowest BCUT2D eigenvalue weighted by molar-refractivity contribution is 0.602. The van der Waals surface area contributed by atoms with E-state index in [1.807, 2.05) is 13.0 Å². The fraction of sp³-hybridized carbons (Fsp3) is 0.333. The van der Waals surface area contributed by atoms with Gasteiger partial charge in [0.05, 0.1) is 0 Å². The number of hydrogen-bond acceptors (Lipinski definition) is 2. The van der Waals surface area contributed by atoms with Crippen molar-refractivity contribution in [2.75, 3.05) is 0 Å². The Bertz CT molecular complexity index is 273. The van der Waals surface area contributed by atoms with Crippen molar-refractivity contribution in [2.24, 2.45) is 5.84 Å². The van der Waals surface area contributed by atoms with Gasteiger partial charge in [-0.1, -0.05) is 28.1 Å². The first-order chi connectivity index (χ1) is 5.65. The fourth-order valence-electron chi connectivity index (χ4n) is 1.03. The van der Waals surface area contributed by atoms with Gasteiger partial charge in [0.25, 0.3) is 0 Å². The maximum absolute atomic E-state index is 5.33. The van der Waals surface area contributed by atoms with E-state index >= 15 is 0 Å². The summed E-state index contributed by atoms with van der Waals surface area (Å²) in [6.45, 7) is 4.10. The molecule has 1 rings (SSSR count). The van der Waals surface area contributed by atoms with Crippen molar-refractivity contribution in [1.82, 2.24) is 5.43 Å². The average Bonchev–Trinajstić information content (AvgIpc) is 2.08. The smallest absolute Gasteiger partial charge is 0.0431 e. The molecule has 0 unspecified atom stereocenters. The monoisotopic (exact) mass is 228 g/mol. The second kappa shape index (κ2) is 4.03. The van der Waals surface area contributed by atoms with Gasteiger partial charge in [-0.15, -0.1) is 0 Å². The lowest BCUT2D eigenvalue weighted by atomic mass is 10.1. The first-order valence-corrected chi connectivity index (χ1v) is 4.66. The van der Waals surface area contributed by atoms with Crippen molar-refractivity contribution in [2.45, 2.75) is 19.9 Å². The molecule has 66 valence electrons. The van der Waals surface area contributed by atoms with Crippen LogP contribution in [0.3, 0.4) is 0 Å². The maximum atomic E-state index is 5.33. The first-order valence-electron chi connectivity index (χ1n) is 3.87. The van der Waals surface area contributed by atoms with Crippen molar-refractivity contribution in [3.05, 3.63) is 33.8 Å². The zero-order valence-corrected chi connectivity index (χ0v) is 8.85. The highest BCUT2D eigenvalue weighted by Crippen LogP contribution is 2.20. The van der Waals surface area contributed by atoms with Gasteiger partial charge in [-0.2, -0.15) is 0 Å². The van der Waals surface area contributed by atoms with E-state index in [9.17, 15) is 0 Å². The molecule has 1 aromatic rings. The minimum atomic E-state index is 0.205. The standard InChI is InChI=1S/C9H13BrN2/c1-6-5-8(7(2)12-11)3-4-9(6)10/h3-5,7,12H,11H2,1-2H3/t7-/m1/s1. The molecular formula is C9H13BrN2. The molecule has 0 spiro atoms. The molecule has 0 fully saturated rings. The molecule has 0 heterocycles. The molecular weight excluding hydrogens is 216 g/mol. The number of nitrogens with two attached hydrogens (primary N) is 1. The highest BCUT2D eigenvalue weighted by atomic mass is 79.9. The summed E-state index contributed by atoms with van der Waals surface area (Å²) in [7, 11) is 0. The molecule has 0 aliphatic heterocycles. The van der Waals surface area contributed by atoms with Crippen LogP contribution < -0.4 is 11.3 Å². The maximum Gasteiger partial charge on any atom is 0.0431 e. The zero-order chi connectivity index (χ0) is 9.14. The van der Waals surface area contributed by atoms with Crippen molar-refractivity contribution in [3.8, 4) is 0 Å². The van der Waals surface area contributed by atoms with E-state index in [1.165, 1.54) is 11.1 Å². The molecule has 0 saturated carbocycles.